The summed E-state index contributed by atoms with van der Waals surface area (Å²) >= 11 is 0. The fourth-order valence-corrected chi connectivity index (χ4v) is 0.504. The van der Waals surface area contributed by atoms with Crippen LogP contribution in [0.1, 0.15) is 9.14 Å². The number of rotatable bonds is 5. The summed E-state index contributed by atoms with van der Waals surface area (Å²) < 4.78 is 13.4. The molecule has 11 heavy (non-hydrogen) atoms. The first kappa shape index (κ1) is 7.17. The van der Waals surface area contributed by atoms with E-state index in [2.05, 4.69) is 0 Å². The molecule has 0 saturated heterocycles. The van der Waals surface area contributed by atoms with E-state index in [4.69, 9.17) is 23.2 Å². The van der Waals surface area contributed by atoms with Gasteiger partial charge < -0.3 is 25.2 Å². The fourth-order valence-electron chi connectivity index (χ4n) is 0.504. The largest absolute Gasteiger partial charge is 0.394 e. The van der Waals surface area contributed by atoms with Crippen molar-refractivity contribution in [3.8, 4) is 0 Å². The molecule has 0 spiro atoms. The molecule has 0 aromatic rings. The zero-order valence-corrected chi connectivity index (χ0v) is 5.71. The third-order valence-corrected chi connectivity index (χ3v) is 1.17. The van der Waals surface area contributed by atoms with Gasteiger partial charge in [0.05, 0.1) is 12.7 Å². The van der Waals surface area contributed by atoms with Gasteiger partial charge in [0.15, 0.2) is 0 Å². The van der Waals surface area contributed by atoms with Gasteiger partial charge in [-0.1, -0.05) is 0 Å². The highest BCUT2D eigenvalue weighted by Crippen LogP contribution is 2.01. The van der Waals surface area contributed by atoms with E-state index >= 15 is 0 Å². The minimum absolute atomic E-state index is 0.795. The van der Waals surface area contributed by atoms with E-state index in [-0.39, 0.29) is 0 Å². The Hall–Kier alpha value is -0.490. The van der Waals surface area contributed by atoms with Crippen LogP contribution in [0.25, 0.3) is 0 Å². The molecule has 0 aliphatic rings. The number of aliphatic hydroxyl groups is 4. The maximum Gasteiger partial charge on any atom is 0.122 e. The van der Waals surface area contributed by atoms with Gasteiger partial charge in [-0.3, -0.25) is 0 Å². The lowest BCUT2D eigenvalue weighted by Crippen LogP contribution is -2.39. The lowest BCUT2D eigenvalue weighted by atomic mass is 10.1. The number of hydrogen-bond acceptors (Lipinski definition) is 5. The zero-order valence-electron chi connectivity index (χ0n) is 7.71. The lowest BCUT2D eigenvalue weighted by Gasteiger charge is -2.19. The van der Waals surface area contributed by atoms with Crippen molar-refractivity contribution in [2.75, 3.05) is 6.61 Å². The van der Waals surface area contributed by atoms with Crippen LogP contribution in [0.4, 0.5) is 0 Å². The Balaban J connectivity index is 4.24. The summed E-state index contributed by atoms with van der Waals surface area (Å²) in [7, 11) is 0. The Labute approximate surface area is 66.7 Å². The summed E-state index contributed by atoms with van der Waals surface area (Å²) in [5.74, 6) is 0. The molecule has 0 heterocycles. The summed E-state index contributed by atoms with van der Waals surface area (Å²) in [5, 5.41) is 35.2. The second-order valence-electron chi connectivity index (χ2n) is 2.02. The van der Waals surface area contributed by atoms with E-state index < -0.39 is 37.6 Å². The second-order valence-corrected chi connectivity index (χ2v) is 2.02. The maximum atomic E-state index is 10.3. The van der Waals surface area contributed by atoms with Crippen LogP contribution in [-0.4, -0.2) is 51.6 Å². The van der Waals surface area contributed by atoms with Crippen LogP contribution in [0.15, 0.2) is 0 Å². The Morgan fingerprint density at radius 1 is 1.45 bits per heavy atom. The van der Waals surface area contributed by atoms with Crippen molar-refractivity contribution < 1.29 is 28.0 Å². The molecule has 0 aromatic heterocycles. The number of carbonyl (C=O) groups excluding carboxylic acids is 1. The molecule has 5 heteroatoms. The molecule has 0 aliphatic carbocycles. The van der Waals surface area contributed by atoms with Crippen molar-refractivity contribution >= 4 is 6.26 Å². The van der Waals surface area contributed by atoms with Crippen molar-refractivity contribution in [1.82, 2.24) is 0 Å². The molecule has 0 rings (SSSR count). The Morgan fingerprint density at radius 3 is 2.36 bits per heavy atom. The Bertz CT molecular complexity index is 176. The minimum atomic E-state index is -1.87. The number of aliphatic hydroxyl groups excluding tert-OH is 4. The van der Waals surface area contributed by atoms with Gasteiger partial charge in [-0.2, -0.15) is 0 Å². The van der Waals surface area contributed by atoms with E-state index in [9.17, 15) is 4.79 Å². The summed E-state index contributed by atoms with van der Waals surface area (Å²) in [6.07, 6.45) is -8.50. The van der Waals surface area contributed by atoms with Crippen molar-refractivity contribution in [2.45, 2.75) is 24.7 Å². The summed E-state index contributed by atoms with van der Waals surface area (Å²) in [6, 6.07) is 0. The van der Waals surface area contributed by atoms with Crippen molar-refractivity contribution in [2.24, 2.45) is 0 Å². The highest BCUT2D eigenvalue weighted by molar-refractivity contribution is 5.50. The number of carbonyl (C=O) groups is 1. The maximum absolute atomic E-state index is 10.3. The first-order valence-electron chi connectivity index (χ1n) is 4.07. The van der Waals surface area contributed by atoms with Crippen LogP contribution in [0, 0.1) is 0 Å². The number of hydrogen-bond donors (Lipinski definition) is 4. The van der Waals surface area contributed by atoms with Crippen LogP contribution in [-0.2, 0) is 4.79 Å². The standard InChI is InChI=1S/C6H12O5/c7-2-1-4(9)6(11)5(10)3-8/h2,4-6,8-11H,1,3H2/t4-,5-,6+/m1/s1/i1T,2T/t1-,4-,5-,6+. The molecule has 0 amide bonds. The quantitative estimate of drug-likeness (QED) is 0.344. The molecular formula is C6H12O5. The van der Waals surface area contributed by atoms with E-state index in [0.717, 1.165) is 0 Å². The molecule has 0 aromatic carbocycles. The van der Waals surface area contributed by atoms with Gasteiger partial charge in [0.2, 0.25) is 0 Å². The minimum Gasteiger partial charge on any atom is -0.394 e. The van der Waals surface area contributed by atoms with E-state index in [1.807, 2.05) is 0 Å². The van der Waals surface area contributed by atoms with Crippen molar-refractivity contribution in [3.63, 3.8) is 0 Å². The SMILES string of the molecule is [3H]C(=O)[C@@H]([3H])[C@@H](O)[C@H](O)[C@H](O)CO. The predicted molar refractivity (Wildman–Crippen MR) is 35.8 cm³/mol. The van der Waals surface area contributed by atoms with Crippen LogP contribution in [0.2, 0.25) is 0 Å². The molecular weight excluding hydrogens is 152 g/mol. The van der Waals surface area contributed by atoms with Crippen molar-refractivity contribution in [1.29, 1.82) is 0 Å². The van der Waals surface area contributed by atoms with Gasteiger partial charge in [-0.25, -0.2) is 0 Å². The molecule has 66 valence electrons. The third-order valence-electron chi connectivity index (χ3n) is 1.17. The van der Waals surface area contributed by atoms with E-state index in [1.165, 1.54) is 0 Å². The topological polar surface area (TPSA) is 98.0 Å². The predicted octanol–water partition coefficient (Wildman–Crippen LogP) is -2.35. The second kappa shape index (κ2) is 5.20. The smallest absolute Gasteiger partial charge is 0.122 e. The monoisotopic (exact) mass is 168 g/mol. The molecule has 0 radical (unpaired) electrons. The Morgan fingerprint density at radius 2 is 2.00 bits per heavy atom. The molecule has 0 bridgehead atoms. The molecule has 0 aliphatic heterocycles. The Kier molecular flexibility index (Phi) is 3.39. The van der Waals surface area contributed by atoms with E-state index in [0.29, 0.717) is 0 Å². The summed E-state index contributed by atoms with van der Waals surface area (Å²) in [4.78, 5) is 10.3. The van der Waals surface area contributed by atoms with Crippen molar-refractivity contribution in [3.05, 3.63) is 0 Å². The van der Waals surface area contributed by atoms with Crippen LogP contribution < -0.4 is 0 Å². The average Bonchev–Trinajstić information content (AvgIpc) is 2.12. The average molecular weight is 168 g/mol. The summed E-state index contributed by atoms with van der Waals surface area (Å²) in [6.45, 7) is -0.795. The van der Waals surface area contributed by atoms with Crippen LogP contribution >= 0.6 is 0 Å². The molecule has 0 saturated carbocycles. The zero-order chi connectivity index (χ0) is 10.6. The molecule has 0 unspecified atom stereocenters. The van der Waals surface area contributed by atoms with Gasteiger partial charge in [0.1, 0.15) is 19.8 Å². The first-order valence-corrected chi connectivity index (χ1v) is 2.99. The van der Waals surface area contributed by atoms with Gasteiger partial charge in [0.25, 0.3) is 0 Å². The van der Waals surface area contributed by atoms with Gasteiger partial charge in [-0.15, -0.1) is 0 Å². The molecule has 4 N–H and O–H groups in total. The normalized spacial score (nSPS) is 24.4. The fraction of sp³-hybridized carbons (Fsp3) is 0.833. The van der Waals surface area contributed by atoms with Crippen LogP contribution in [0.3, 0.4) is 0 Å². The molecule has 5 nitrogen and oxygen atoms in total. The third kappa shape index (κ3) is 3.43. The van der Waals surface area contributed by atoms with Gasteiger partial charge >= 0.3 is 0 Å². The highest BCUT2D eigenvalue weighted by Gasteiger charge is 2.23. The highest BCUT2D eigenvalue weighted by atomic mass is 16.4. The van der Waals surface area contributed by atoms with E-state index in [1.54, 1.807) is 0 Å². The lowest BCUT2D eigenvalue weighted by molar-refractivity contribution is -0.115. The molecule has 0 fully saturated rings. The van der Waals surface area contributed by atoms with Gasteiger partial charge in [-0.05, 0) is 0 Å². The first-order chi connectivity index (χ1) is 5.91. The summed E-state index contributed by atoms with van der Waals surface area (Å²) in [5.41, 5.74) is 0. The number of aldehydes is 1. The van der Waals surface area contributed by atoms with Gasteiger partial charge in [0, 0.05) is 7.77 Å². The van der Waals surface area contributed by atoms with Crippen LogP contribution in [0.5, 0.6) is 0 Å². The molecule has 4 atom stereocenters.